The molecule has 112 valence electrons. The minimum atomic E-state index is 0.314. The molecule has 20 heavy (non-hydrogen) atoms. The molecule has 1 aliphatic rings. The van der Waals surface area contributed by atoms with Crippen molar-refractivity contribution in [2.45, 2.75) is 59.3 Å². The van der Waals surface area contributed by atoms with Gasteiger partial charge in [-0.1, -0.05) is 45.0 Å². The van der Waals surface area contributed by atoms with Crippen LogP contribution in [0.2, 0.25) is 0 Å². The largest absolute Gasteiger partial charge is 0.375 e. The summed E-state index contributed by atoms with van der Waals surface area (Å²) < 4.78 is 6.05. The van der Waals surface area contributed by atoms with Crippen LogP contribution in [0.15, 0.2) is 24.3 Å². The Bertz CT molecular complexity index is 431. The lowest BCUT2D eigenvalue weighted by Crippen LogP contribution is -2.35. The quantitative estimate of drug-likeness (QED) is 0.878. The van der Waals surface area contributed by atoms with Crippen molar-refractivity contribution in [3.05, 3.63) is 35.4 Å². The monoisotopic (exact) mass is 275 g/mol. The van der Waals surface area contributed by atoms with E-state index in [2.05, 4.69) is 64.2 Å². The van der Waals surface area contributed by atoms with E-state index in [4.69, 9.17) is 4.74 Å². The molecule has 0 saturated carbocycles. The highest BCUT2D eigenvalue weighted by Gasteiger charge is 2.41. The highest BCUT2D eigenvalue weighted by molar-refractivity contribution is 5.27. The molecule has 0 aromatic heterocycles. The molecule has 0 radical (unpaired) electrons. The van der Waals surface area contributed by atoms with Crippen molar-refractivity contribution >= 4 is 0 Å². The smallest absolute Gasteiger partial charge is 0.0600 e. The molecule has 1 N–H and O–H groups in total. The Labute approximate surface area is 123 Å². The SMILES string of the molecule is CCNC(c1cccc(CC)c1)C1C(C)OC(C)C1C. The van der Waals surface area contributed by atoms with E-state index >= 15 is 0 Å². The average Bonchev–Trinajstić information content (AvgIpc) is 2.70. The van der Waals surface area contributed by atoms with Gasteiger partial charge in [-0.25, -0.2) is 0 Å². The molecular formula is C18H29NO. The first-order valence-electron chi connectivity index (χ1n) is 8.06. The zero-order valence-corrected chi connectivity index (χ0v) is 13.5. The summed E-state index contributed by atoms with van der Waals surface area (Å²) in [6, 6.07) is 9.41. The number of hydrogen-bond donors (Lipinski definition) is 1. The van der Waals surface area contributed by atoms with Gasteiger partial charge in [0.05, 0.1) is 12.2 Å². The summed E-state index contributed by atoms with van der Waals surface area (Å²) in [4.78, 5) is 0. The van der Waals surface area contributed by atoms with Gasteiger partial charge in [0, 0.05) is 12.0 Å². The van der Waals surface area contributed by atoms with Crippen LogP contribution in [0.5, 0.6) is 0 Å². The number of ether oxygens (including phenoxy) is 1. The molecule has 2 rings (SSSR count). The molecule has 0 bridgehead atoms. The van der Waals surface area contributed by atoms with E-state index in [-0.39, 0.29) is 0 Å². The maximum atomic E-state index is 6.05. The minimum Gasteiger partial charge on any atom is -0.375 e. The Hall–Kier alpha value is -0.860. The van der Waals surface area contributed by atoms with Gasteiger partial charge >= 0.3 is 0 Å². The molecule has 1 saturated heterocycles. The maximum absolute atomic E-state index is 6.05. The lowest BCUT2D eigenvalue weighted by atomic mass is 9.80. The summed E-state index contributed by atoms with van der Waals surface area (Å²) in [5.41, 5.74) is 2.82. The van der Waals surface area contributed by atoms with E-state index in [0.29, 0.717) is 30.1 Å². The first kappa shape index (κ1) is 15.5. The summed E-state index contributed by atoms with van der Waals surface area (Å²) in [5.74, 6) is 1.12. The van der Waals surface area contributed by atoms with Gasteiger partial charge in [0.15, 0.2) is 0 Å². The summed E-state index contributed by atoms with van der Waals surface area (Å²) in [7, 11) is 0. The second-order valence-corrected chi connectivity index (χ2v) is 6.12. The van der Waals surface area contributed by atoms with E-state index in [0.717, 1.165) is 13.0 Å². The Morgan fingerprint density at radius 2 is 1.90 bits per heavy atom. The standard InChI is InChI=1S/C18H29NO/c1-6-15-9-8-10-16(11-15)18(19-7-2)17-12(3)13(4)20-14(17)5/h8-14,17-19H,6-7H2,1-5H3. The molecule has 0 spiro atoms. The molecule has 0 amide bonds. The highest BCUT2D eigenvalue weighted by atomic mass is 16.5. The van der Waals surface area contributed by atoms with E-state index < -0.39 is 0 Å². The third-order valence-corrected chi connectivity index (χ3v) is 4.85. The number of hydrogen-bond acceptors (Lipinski definition) is 2. The number of rotatable bonds is 5. The predicted octanol–water partition coefficient (Wildman–Crippen LogP) is 3.96. The van der Waals surface area contributed by atoms with Crippen LogP contribution in [-0.2, 0) is 11.2 Å². The molecule has 1 aliphatic heterocycles. The maximum Gasteiger partial charge on any atom is 0.0600 e. The number of aryl methyl sites for hydroxylation is 1. The summed E-state index contributed by atoms with van der Waals surface area (Å²) >= 11 is 0. The zero-order chi connectivity index (χ0) is 14.7. The van der Waals surface area contributed by atoms with Crippen molar-refractivity contribution < 1.29 is 4.74 Å². The molecule has 2 nitrogen and oxygen atoms in total. The van der Waals surface area contributed by atoms with E-state index in [1.807, 2.05) is 0 Å². The normalized spacial score (nSPS) is 31.4. The van der Waals surface area contributed by atoms with E-state index in [9.17, 15) is 0 Å². The first-order chi connectivity index (χ1) is 9.58. The fourth-order valence-electron chi connectivity index (χ4n) is 3.57. The summed E-state index contributed by atoms with van der Waals surface area (Å²) in [6.45, 7) is 12.1. The van der Waals surface area contributed by atoms with Gasteiger partial charge in [-0.3, -0.25) is 0 Å². The van der Waals surface area contributed by atoms with Gasteiger partial charge in [0.1, 0.15) is 0 Å². The van der Waals surface area contributed by atoms with Crippen molar-refractivity contribution in [3.63, 3.8) is 0 Å². The molecular weight excluding hydrogens is 246 g/mol. The zero-order valence-electron chi connectivity index (χ0n) is 13.5. The van der Waals surface area contributed by atoms with Crippen molar-refractivity contribution in [2.24, 2.45) is 11.8 Å². The molecule has 5 atom stereocenters. The van der Waals surface area contributed by atoms with Crippen molar-refractivity contribution in [3.8, 4) is 0 Å². The van der Waals surface area contributed by atoms with Crippen molar-refractivity contribution in [2.75, 3.05) is 6.54 Å². The Morgan fingerprint density at radius 1 is 1.15 bits per heavy atom. The topological polar surface area (TPSA) is 21.3 Å². The molecule has 1 fully saturated rings. The highest BCUT2D eigenvalue weighted by Crippen LogP contribution is 2.40. The molecule has 5 unspecified atom stereocenters. The fourth-order valence-corrected chi connectivity index (χ4v) is 3.57. The molecule has 2 heteroatoms. The predicted molar refractivity (Wildman–Crippen MR) is 84.9 cm³/mol. The van der Waals surface area contributed by atoms with Gasteiger partial charge < -0.3 is 10.1 Å². The van der Waals surface area contributed by atoms with Crippen LogP contribution in [0.4, 0.5) is 0 Å². The Kier molecular flexibility index (Phi) is 5.22. The third-order valence-electron chi connectivity index (χ3n) is 4.85. The van der Waals surface area contributed by atoms with Gasteiger partial charge in [0.2, 0.25) is 0 Å². The van der Waals surface area contributed by atoms with Crippen molar-refractivity contribution in [1.29, 1.82) is 0 Å². The number of nitrogens with one attached hydrogen (secondary N) is 1. The van der Waals surface area contributed by atoms with Crippen LogP contribution in [0, 0.1) is 11.8 Å². The lowest BCUT2D eigenvalue weighted by Gasteiger charge is -2.30. The van der Waals surface area contributed by atoms with Gasteiger partial charge in [-0.2, -0.15) is 0 Å². The second kappa shape index (κ2) is 6.73. The van der Waals surface area contributed by atoms with Crippen LogP contribution in [0.1, 0.15) is 51.8 Å². The van der Waals surface area contributed by atoms with Crippen LogP contribution >= 0.6 is 0 Å². The first-order valence-corrected chi connectivity index (χ1v) is 8.06. The van der Waals surface area contributed by atoms with Gasteiger partial charge in [0.25, 0.3) is 0 Å². The average molecular weight is 275 g/mol. The molecule has 1 aromatic carbocycles. The second-order valence-electron chi connectivity index (χ2n) is 6.12. The third kappa shape index (κ3) is 3.07. The summed E-state index contributed by atoms with van der Waals surface area (Å²) in [6.07, 6.45) is 1.76. The van der Waals surface area contributed by atoms with Crippen LogP contribution in [-0.4, -0.2) is 18.8 Å². The summed E-state index contributed by atoms with van der Waals surface area (Å²) in [5, 5.41) is 3.69. The molecule has 1 heterocycles. The number of benzene rings is 1. The Balaban J connectivity index is 2.30. The van der Waals surface area contributed by atoms with Crippen LogP contribution in [0.25, 0.3) is 0 Å². The van der Waals surface area contributed by atoms with E-state index in [1.165, 1.54) is 11.1 Å². The van der Waals surface area contributed by atoms with Gasteiger partial charge in [-0.05, 0) is 43.9 Å². The van der Waals surface area contributed by atoms with Crippen molar-refractivity contribution in [1.82, 2.24) is 5.32 Å². The molecule has 0 aliphatic carbocycles. The molecule has 1 aromatic rings. The fraction of sp³-hybridized carbons (Fsp3) is 0.667. The lowest BCUT2D eigenvalue weighted by molar-refractivity contribution is 0.0475. The van der Waals surface area contributed by atoms with Crippen LogP contribution < -0.4 is 5.32 Å². The van der Waals surface area contributed by atoms with E-state index in [1.54, 1.807) is 0 Å². The van der Waals surface area contributed by atoms with Gasteiger partial charge in [-0.15, -0.1) is 0 Å². The minimum absolute atomic E-state index is 0.314. The van der Waals surface area contributed by atoms with Crippen LogP contribution in [0.3, 0.4) is 0 Å². The Morgan fingerprint density at radius 3 is 2.45 bits per heavy atom.